The Morgan fingerprint density at radius 3 is 2.92 bits per heavy atom. The molecule has 128 valence electrons. The molecule has 8 nitrogen and oxygen atoms in total. The van der Waals surface area contributed by atoms with Gasteiger partial charge >= 0.3 is 12.0 Å². The number of nitrogens with one attached hydrogen (secondary N) is 2. The average molecular weight is 349 g/mol. The summed E-state index contributed by atoms with van der Waals surface area (Å²) in [6.45, 7) is 2.27. The number of anilines is 1. The van der Waals surface area contributed by atoms with E-state index < -0.39 is 0 Å². The Kier molecular flexibility index (Phi) is 6.62. The highest BCUT2D eigenvalue weighted by Gasteiger charge is 2.09. The van der Waals surface area contributed by atoms with Crippen LogP contribution in [-0.2, 0) is 22.5 Å². The predicted octanol–water partition coefficient (Wildman–Crippen LogP) is 2.06. The number of aryl methyl sites for hydroxylation is 2. The van der Waals surface area contributed by atoms with Crippen molar-refractivity contribution in [1.29, 1.82) is 0 Å². The summed E-state index contributed by atoms with van der Waals surface area (Å²) in [7, 11) is 1.36. The van der Waals surface area contributed by atoms with Gasteiger partial charge in [0.1, 0.15) is 5.01 Å². The molecule has 0 bridgehead atoms. The molecule has 0 spiro atoms. The highest BCUT2D eigenvalue weighted by atomic mass is 32.1. The molecule has 0 unspecified atom stereocenters. The van der Waals surface area contributed by atoms with E-state index in [-0.39, 0.29) is 12.0 Å². The number of methoxy groups -OCH3 is 1. The summed E-state index contributed by atoms with van der Waals surface area (Å²) < 4.78 is 4.58. The van der Waals surface area contributed by atoms with E-state index in [1.54, 1.807) is 6.20 Å². The minimum Gasteiger partial charge on any atom is -0.469 e. The van der Waals surface area contributed by atoms with Gasteiger partial charge in [-0.15, -0.1) is 10.2 Å². The number of rotatable bonds is 7. The van der Waals surface area contributed by atoms with Crippen molar-refractivity contribution in [3.63, 3.8) is 0 Å². The number of amides is 2. The van der Waals surface area contributed by atoms with Crippen LogP contribution in [0.1, 0.15) is 29.1 Å². The Bertz CT molecular complexity index is 704. The second-order valence-electron chi connectivity index (χ2n) is 5.01. The molecule has 0 aliphatic carbocycles. The quantitative estimate of drug-likeness (QED) is 0.741. The van der Waals surface area contributed by atoms with Crippen LogP contribution >= 0.6 is 11.3 Å². The summed E-state index contributed by atoms with van der Waals surface area (Å²) >= 11 is 1.28. The third-order valence-electron chi connectivity index (χ3n) is 3.22. The maximum atomic E-state index is 11.9. The molecule has 0 aliphatic heterocycles. The van der Waals surface area contributed by atoms with Gasteiger partial charge in [0.2, 0.25) is 5.13 Å². The van der Waals surface area contributed by atoms with Gasteiger partial charge in [0.05, 0.1) is 19.3 Å². The van der Waals surface area contributed by atoms with Crippen LogP contribution < -0.4 is 10.6 Å². The monoisotopic (exact) mass is 349 g/mol. The number of aromatic nitrogens is 3. The lowest BCUT2D eigenvalue weighted by Crippen LogP contribution is -2.28. The minimum absolute atomic E-state index is 0.248. The van der Waals surface area contributed by atoms with Gasteiger partial charge in [-0.25, -0.2) is 4.79 Å². The van der Waals surface area contributed by atoms with E-state index in [9.17, 15) is 9.59 Å². The van der Waals surface area contributed by atoms with E-state index in [1.165, 1.54) is 18.4 Å². The molecule has 2 aromatic rings. The Labute approximate surface area is 143 Å². The molecular weight excluding hydrogens is 330 g/mol. The van der Waals surface area contributed by atoms with E-state index in [4.69, 9.17) is 0 Å². The summed E-state index contributed by atoms with van der Waals surface area (Å²) in [5.74, 6) is -0.248. The standard InChI is InChI=1S/C15H19N5O3S/c1-10-5-4-8-16-11(10)9-17-14(22)18-15-20-19-12(24-15)6-3-7-13(21)23-2/h4-5,8H,3,6-7,9H2,1-2H3,(H2,17,18,20,22). The zero-order valence-corrected chi connectivity index (χ0v) is 14.4. The third kappa shape index (κ3) is 5.58. The Morgan fingerprint density at radius 2 is 2.17 bits per heavy atom. The largest absolute Gasteiger partial charge is 0.469 e. The van der Waals surface area contributed by atoms with Crippen molar-refractivity contribution < 1.29 is 14.3 Å². The molecule has 0 atom stereocenters. The SMILES string of the molecule is COC(=O)CCCc1nnc(NC(=O)NCc2ncccc2C)s1. The van der Waals surface area contributed by atoms with Gasteiger partial charge in [-0.2, -0.15) is 0 Å². The fraction of sp³-hybridized carbons (Fsp3) is 0.400. The van der Waals surface area contributed by atoms with E-state index in [1.807, 2.05) is 19.1 Å². The van der Waals surface area contributed by atoms with Gasteiger partial charge in [-0.05, 0) is 25.0 Å². The molecule has 0 fully saturated rings. The van der Waals surface area contributed by atoms with Gasteiger partial charge < -0.3 is 10.1 Å². The lowest BCUT2D eigenvalue weighted by Gasteiger charge is -2.06. The molecule has 2 heterocycles. The van der Waals surface area contributed by atoms with Crippen molar-refractivity contribution in [2.24, 2.45) is 0 Å². The molecule has 2 N–H and O–H groups in total. The molecule has 2 aromatic heterocycles. The maximum absolute atomic E-state index is 11.9. The summed E-state index contributed by atoms with van der Waals surface area (Å²) in [5.41, 5.74) is 1.83. The molecule has 2 amide bonds. The number of hydrogen-bond acceptors (Lipinski definition) is 7. The second-order valence-corrected chi connectivity index (χ2v) is 6.07. The van der Waals surface area contributed by atoms with Crippen molar-refractivity contribution in [2.75, 3.05) is 12.4 Å². The number of carbonyl (C=O) groups excluding carboxylic acids is 2. The molecule has 0 radical (unpaired) electrons. The normalized spacial score (nSPS) is 10.2. The molecule has 0 aliphatic rings. The lowest BCUT2D eigenvalue weighted by atomic mass is 10.2. The second kappa shape index (κ2) is 8.92. The molecule has 2 rings (SSSR count). The fourth-order valence-corrected chi connectivity index (χ4v) is 2.68. The molecule has 24 heavy (non-hydrogen) atoms. The van der Waals surface area contributed by atoms with Gasteiger partial charge in [0.15, 0.2) is 0 Å². The van der Waals surface area contributed by atoms with Crippen LogP contribution in [0.2, 0.25) is 0 Å². The van der Waals surface area contributed by atoms with Crippen molar-refractivity contribution >= 4 is 28.5 Å². The van der Waals surface area contributed by atoms with Crippen LogP contribution in [0.3, 0.4) is 0 Å². The first-order valence-corrected chi connectivity index (χ1v) is 8.24. The highest BCUT2D eigenvalue weighted by molar-refractivity contribution is 7.15. The third-order valence-corrected chi connectivity index (χ3v) is 4.12. The summed E-state index contributed by atoms with van der Waals surface area (Å²) in [4.78, 5) is 27.1. The van der Waals surface area contributed by atoms with Gasteiger partial charge in [0, 0.05) is 19.0 Å². The van der Waals surface area contributed by atoms with Crippen LogP contribution in [0.25, 0.3) is 0 Å². The number of hydrogen-bond donors (Lipinski definition) is 2. The predicted molar refractivity (Wildman–Crippen MR) is 89.7 cm³/mol. The fourth-order valence-electron chi connectivity index (χ4n) is 1.90. The summed E-state index contributed by atoms with van der Waals surface area (Å²) in [6.07, 6.45) is 3.27. The van der Waals surface area contributed by atoms with Crippen LogP contribution in [0.5, 0.6) is 0 Å². The van der Waals surface area contributed by atoms with Gasteiger partial charge in [0.25, 0.3) is 0 Å². The van der Waals surface area contributed by atoms with Crippen LogP contribution in [0.15, 0.2) is 18.3 Å². The summed E-state index contributed by atoms with van der Waals surface area (Å²) in [6, 6.07) is 3.42. The first kappa shape index (κ1) is 17.8. The number of urea groups is 1. The molecule has 0 aromatic carbocycles. The Balaban J connectivity index is 1.76. The van der Waals surface area contributed by atoms with E-state index >= 15 is 0 Å². The van der Waals surface area contributed by atoms with Crippen molar-refractivity contribution in [3.8, 4) is 0 Å². The van der Waals surface area contributed by atoms with Crippen LogP contribution in [0, 0.1) is 6.92 Å². The number of esters is 1. The average Bonchev–Trinajstić information content (AvgIpc) is 3.01. The number of carbonyl (C=O) groups is 2. The zero-order chi connectivity index (χ0) is 17.4. The number of nitrogens with zero attached hydrogens (tertiary/aromatic N) is 3. The van der Waals surface area contributed by atoms with Gasteiger partial charge in [-0.3, -0.25) is 15.1 Å². The maximum Gasteiger partial charge on any atom is 0.321 e. The Hall–Kier alpha value is -2.55. The lowest BCUT2D eigenvalue weighted by molar-refractivity contribution is -0.140. The first-order valence-electron chi connectivity index (χ1n) is 7.43. The first-order chi connectivity index (χ1) is 11.6. The van der Waals surface area contributed by atoms with Crippen LogP contribution in [0.4, 0.5) is 9.93 Å². The van der Waals surface area contributed by atoms with E-state index in [2.05, 4.69) is 30.6 Å². The van der Waals surface area contributed by atoms with E-state index in [0.717, 1.165) is 16.3 Å². The smallest absolute Gasteiger partial charge is 0.321 e. The molecule has 0 saturated heterocycles. The number of ether oxygens (including phenoxy) is 1. The van der Waals surface area contributed by atoms with Crippen molar-refractivity contribution in [3.05, 3.63) is 34.6 Å². The highest BCUT2D eigenvalue weighted by Crippen LogP contribution is 2.17. The van der Waals surface area contributed by atoms with Gasteiger partial charge in [-0.1, -0.05) is 17.4 Å². The topological polar surface area (TPSA) is 106 Å². The molecule has 9 heteroatoms. The zero-order valence-electron chi connectivity index (χ0n) is 13.5. The molecular formula is C15H19N5O3S. The minimum atomic E-state index is -0.364. The Morgan fingerprint density at radius 1 is 1.33 bits per heavy atom. The van der Waals surface area contributed by atoms with Crippen LogP contribution in [-0.4, -0.2) is 34.3 Å². The van der Waals surface area contributed by atoms with Crippen molar-refractivity contribution in [2.45, 2.75) is 32.7 Å². The van der Waals surface area contributed by atoms with E-state index in [0.29, 0.717) is 30.9 Å². The number of pyridine rings is 1. The molecule has 0 saturated carbocycles. The summed E-state index contributed by atoms with van der Waals surface area (Å²) in [5, 5.41) is 14.4. The van der Waals surface area contributed by atoms with Crippen molar-refractivity contribution in [1.82, 2.24) is 20.5 Å².